The molecule has 0 fully saturated rings. The molecule has 0 aliphatic rings. The second-order valence-corrected chi connectivity index (χ2v) is 6.07. The molecule has 7 heteroatoms. The Labute approximate surface area is 148 Å². The summed E-state index contributed by atoms with van der Waals surface area (Å²) in [6.07, 6.45) is 7.85. The van der Waals surface area contributed by atoms with Gasteiger partial charge in [-0.1, -0.05) is 29.8 Å². The minimum atomic E-state index is -0.396. The number of hydrogen-bond donors (Lipinski definition) is 1. The third kappa shape index (κ3) is 5.33. The molecule has 126 valence electrons. The summed E-state index contributed by atoms with van der Waals surface area (Å²) in [4.78, 5) is 20.9. The number of aryl methyl sites for hydroxylation is 1. The van der Waals surface area contributed by atoms with Crippen molar-refractivity contribution >= 4 is 41.2 Å². The molecule has 0 saturated carbocycles. The number of nitro benzene ring substituents is 1. The van der Waals surface area contributed by atoms with Gasteiger partial charge < -0.3 is 5.11 Å². The van der Waals surface area contributed by atoms with Gasteiger partial charge in [0.2, 0.25) is 0 Å². The van der Waals surface area contributed by atoms with Gasteiger partial charge in [-0.2, -0.15) is 0 Å². The Balaban J connectivity index is 0.000000891. The molecule has 1 aromatic heterocycles. The fourth-order valence-electron chi connectivity index (χ4n) is 1.88. The van der Waals surface area contributed by atoms with Crippen LogP contribution in [0.1, 0.15) is 17.4 Å². The average molecular weight is 366 g/mol. The van der Waals surface area contributed by atoms with E-state index in [2.05, 4.69) is 0 Å². The smallest absolute Gasteiger partial charge is 0.290 e. The maximum Gasteiger partial charge on any atom is 0.290 e. The number of allylic oxidation sites excluding steroid dienone is 3. The maximum absolute atomic E-state index is 11.0. The van der Waals surface area contributed by atoms with E-state index in [9.17, 15) is 10.1 Å². The summed E-state index contributed by atoms with van der Waals surface area (Å²) in [6.45, 7) is 3.48. The van der Waals surface area contributed by atoms with Crippen LogP contribution >= 0.6 is 22.9 Å². The third-order valence-corrected chi connectivity index (χ3v) is 4.49. The van der Waals surface area contributed by atoms with E-state index in [1.165, 1.54) is 12.1 Å². The number of nitro groups is 1. The topological polar surface area (TPSA) is 80.4 Å². The first kappa shape index (κ1) is 19.6. The predicted molar refractivity (Wildman–Crippen MR) is 98.7 cm³/mol. The number of hydrogen-bond acceptors (Lipinski definition) is 4. The summed E-state index contributed by atoms with van der Waals surface area (Å²) < 4.78 is 0. The van der Waals surface area contributed by atoms with Gasteiger partial charge in [-0.15, -0.1) is 11.3 Å². The van der Waals surface area contributed by atoms with Gasteiger partial charge in [0.1, 0.15) is 0 Å². The summed E-state index contributed by atoms with van der Waals surface area (Å²) >= 11 is 7.85. The van der Waals surface area contributed by atoms with Gasteiger partial charge >= 0.3 is 0 Å². The van der Waals surface area contributed by atoms with Gasteiger partial charge in [0.15, 0.2) is 0 Å². The van der Waals surface area contributed by atoms with Crippen LogP contribution in [-0.2, 0) is 4.79 Å². The van der Waals surface area contributed by atoms with Crippen molar-refractivity contribution in [1.29, 1.82) is 0 Å². The van der Waals surface area contributed by atoms with Crippen molar-refractivity contribution in [3.63, 3.8) is 0 Å². The van der Waals surface area contributed by atoms with E-state index in [4.69, 9.17) is 21.5 Å². The largest absolute Gasteiger partial charge is 0.483 e. The molecular formula is C17H16ClNO4S. The van der Waals surface area contributed by atoms with E-state index in [1.807, 2.05) is 43.4 Å². The van der Waals surface area contributed by atoms with Crippen molar-refractivity contribution in [2.75, 3.05) is 0 Å². The minimum absolute atomic E-state index is 0.0614. The Kier molecular flexibility index (Phi) is 7.88. The molecule has 24 heavy (non-hydrogen) atoms. The molecule has 2 aromatic rings. The van der Waals surface area contributed by atoms with Crippen molar-refractivity contribution < 1.29 is 14.8 Å². The monoisotopic (exact) mass is 365 g/mol. The number of rotatable bonds is 4. The molecule has 5 nitrogen and oxygen atoms in total. The highest BCUT2D eigenvalue weighted by atomic mass is 35.5. The Morgan fingerprint density at radius 3 is 2.54 bits per heavy atom. The molecule has 1 heterocycles. The fraction of sp³-hybridized carbons (Fsp3) is 0.118. The molecule has 0 aliphatic heterocycles. The van der Waals surface area contributed by atoms with Crippen LogP contribution in [0.2, 0.25) is 5.02 Å². The SMILES string of the molecule is C/C=C\C=C/c1ccc(-c2cc([N+](=O)[O-])cc(C)c2Cl)s1.O=CO. The van der Waals surface area contributed by atoms with E-state index < -0.39 is 4.92 Å². The molecule has 1 N–H and O–H groups in total. The van der Waals surface area contributed by atoms with Crippen LogP contribution in [0.4, 0.5) is 5.69 Å². The Morgan fingerprint density at radius 2 is 1.96 bits per heavy atom. The first-order valence-corrected chi connectivity index (χ1v) is 8.06. The zero-order valence-corrected chi connectivity index (χ0v) is 14.7. The highest BCUT2D eigenvalue weighted by Gasteiger charge is 2.15. The van der Waals surface area contributed by atoms with E-state index in [-0.39, 0.29) is 12.2 Å². The van der Waals surface area contributed by atoms with Gasteiger partial charge in [-0.25, -0.2) is 0 Å². The lowest BCUT2D eigenvalue weighted by atomic mass is 10.1. The fourth-order valence-corrected chi connectivity index (χ4v) is 3.09. The summed E-state index contributed by atoms with van der Waals surface area (Å²) in [5.41, 5.74) is 1.48. The molecule has 0 aliphatic carbocycles. The van der Waals surface area contributed by atoms with Crippen LogP contribution in [0.25, 0.3) is 16.5 Å². The van der Waals surface area contributed by atoms with Gasteiger partial charge in [0.05, 0.1) is 9.95 Å². The summed E-state index contributed by atoms with van der Waals surface area (Å²) in [7, 11) is 0. The van der Waals surface area contributed by atoms with Gasteiger partial charge in [-0.3, -0.25) is 14.9 Å². The van der Waals surface area contributed by atoms with Crippen LogP contribution in [0.15, 0.2) is 42.5 Å². The van der Waals surface area contributed by atoms with Crippen LogP contribution in [0, 0.1) is 17.0 Å². The van der Waals surface area contributed by atoms with Crippen molar-refractivity contribution in [2.24, 2.45) is 0 Å². The molecule has 2 rings (SSSR count). The first-order chi connectivity index (χ1) is 11.4. The van der Waals surface area contributed by atoms with Crippen LogP contribution in [-0.4, -0.2) is 16.5 Å². The standard InChI is InChI=1S/C16H14ClNO2S.CH2O2/c1-3-4-5-6-13-7-8-15(21-13)14-10-12(18(19)20)9-11(2)16(14)17;2-1-3/h3-10H,1-2H3;1H,(H,2,3)/b4-3-,6-5-;. The molecule has 0 bridgehead atoms. The Hall–Kier alpha value is -2.44. The average Bonchev–Trinajstić information content (AvgIpc) is 2.99. The molecule has 1 aromatic carbocycles. The molecule has 0 amide bonds. The van der Waals surface area contributed by atoms with Gasteiger partial charge in [0, 0.05) is 27.5 Å². The van der Waals surface area contributed by atoms with Gasteiger partial charge in [0.25, 0.3) is 12.2 Å². The maximum atomic E-state index is 11.0. The number of halogens is 1. The van der Waals surface area contributed by atoms with Crippen molar-refractivity contribution in [1.82, 2.24) is 0 Å². The van der Waals surface area contributed by atoms with E-state index in [0.29, 0.717) is 16.1 Å². The minimum Gasteiger partial charge on any atom is -0.483 e. The molecule has 0 radical (unpaired) electrons. The number of thiophene rings is 1. The summed E-state index contributed by atoms with van der Waals surface area (Å²) in [6, 6.07) is 6.93. The Bertz CT molecular complexity index is 781. The molecular weight excluding hydrogens is 350 g/mol. The predicted octanol–water partition coefficient (Wildman–Crippen LogP) is 5.58. The lowest BCUT2D eigenvalue weighted by molar-refractivity contribution is -0.384. The van der Waals surface area contributed by atoms with E-state index in [1.54, 1.807) is 18.3 Å². The summed E-state index contributed by atoms with van der Waals surface area (Å²) in [5, 5.41) is 18.4. The Morgan fingerprint density at radius 1 is 1.29 bits per heavy atom. The zero-order chi connectivity index (χ0) is 18.1. The number of benzene rings is 1. The highest BCUT2D eigenvalue weighted by molar-refractivity contribution is 7.16. The number of nitrogens with zero attached hydrogens (tertiary/aromatic N) is 1. The number of non-ortho nitro benzene ring substituents is 1. The second kappa shape index (κ2) is 9.64. The summed E-state index contributed by atoms with van der Waals surface area (Å²) in [5.74, 6) is 0. The lowest BCUT2D eigenvalue weighted by Gasteiger charge is -2.05. The first-order valence-electron chi connectivity index (χ1n) is 6.86. The van der Waals surface area contributed by atoms with Crippen LogP contribution in [0.3, 0.4) is 0 Å². The number of carbonyl (C=O) groups is 1. The normalized spacial score (nSPS) is 10.6. The van der Waals surface area contributed by atoms with E-state index in [0.717, 1.165) is 9.75 Å². The van der Waals surface area contributed by atoms with Crippen molar-refractivity contribution in [3.05, 3.63) is 68.1 Å². The third-order valence-electron chi connectivity index (χ3n) is 2.91. The zero-order valence-electron chi connectivity index (χ0n) is 13.1. The van der Waals surface area contributed by atoms with Crippen LogP contribution < -0.4 is 0 Å². The van der Waals surface area contributed by atoms with E-state index >= 15 is 0 Å². The molecule has 0 unspecified atom stereocenters. The second-order valence-electron chi connectivity index (χ2n) is 4.57. The van der Waals surface area contributed by atoms with Crippen molar-refractivity contribution in [2.45, 2.75) is 13.8 Å². The molecule has 0 atom stereocenters. The van der Waals surface area contributed by atoms with Crippen molar-refractivity contribution in [3.8, 4) is 10.4 Å². The quantitative estimate of drug-likeness (QED) is 0.332. The van der Waals surface area contributed by atoms with Crippen LogP contribution in [0.5, 0.6) is 0 Å². The van der Waals surface area contributed by atoms with Gasteiger partial charge in [-0.05, 0) is 37.6 Å². The number of carboxylic acid groups (broad SMARTS) is 1. The highest BCUT2D eigenvalue weighted by Crippen LogP contribution is 2.38. The molecule has 0 saturated heterocycles. The lowest BCUT2D eigenvalue weighted by Crippen LogP contribution is -1.91. The molecule has 0 spiro atoms.